The lowest BCUT2D eigenvalue weighted by atomic mass is 10.1. The number of aromatic nitrogens is 2. The summed E-state index contributed by atoms with van der Waals surface area (Å²) in [7, 11) is 2.01. The van der Waals surface area contributed by atoms with Gasteiger partial charge in [-0.15, -0.1) is 10.2 Å². The van der Waals surface area contributed by atoms with E-state index < -0.39 is 0 Å². The van der Waals surface area contributed by atoms with Gasteiger partial charge in [-0.2, -0.15) is 0 Å². The van der Waals surface area contributed by atoms with Crippen LogP contribution in [0.4, 0.5) is 0 Å². The Labute approximate surface area is 125 Å². The van der Waals surface area contributed by atoms with E-state index in [0.717, 1.165) is 13.1 Å². The summed E-state index contributed by atoms with van der Waals surface area (Å²) in [5.41, 5.74) is 0. The van der Waals surface area contributed by atoms with Crippen LogP contribution in [-0.2, 0) is 6.54 Å². The zero-order chi connectivity index (χ0) is 13.9. The Morgan fingerprint density at radius 3 is 3.05 bits per heavy atom. The van der Waals surface area contributed by atoms with E-state index in [1.165, 1.54) is 12.8 Å². The van der Waals surface area contributed by atoms with E-state index in [-0.39, 0.29) is 0 Å². The van der Waals surface area contributed by atoms with E-state index in [2.05, 4.69) is 36.3 Å². The van der Waals surface area contributed by atoms with Crippen LogP contribution in [0.25, 0.3) is 11.7 Å². The zero-order valence-electron chi connectivity index (χ0n) is 11.3. The molecular weight excluding hydrogens is 324 g/mol. The summed E-state index contributed by atoms with van der Waals surface area (Å²) in [6.45, 7) is 2.77. The number of nitrogens with zero attached hydrogens (tertiary/aromatic N) is 3. The van der Waals surface area contributed by atoms with Gasteiger partial charge in [-0.1, -0.05) is 0 Å². The normalized spacial score (nSPS) is 20.4. The Kier molecular flexibility index (Phi) is 4.18. The third-order valence-electron chi connectivity index (χ3n) is 3.52. The summed E-state index contributed by atoms with van der Waals surface area (Å²) >= 11 is 3.26. The molecule has 0 saturated carbocycles. The van der Waals surface area contributed by atoms with E-state index in [4.69, 9.17) is 8.83 Å². The van der Waals surface area contributed by atoms with Crippen molar-refractivity contribution >= 4 is 15.9 Å². The fraction of sp³-hybridized carbons (Fsp3) is 0.538. The molecule has 0 aromatic carbocycles. The fourth-order valence-electron chi connectivity index (χ4n) is 2.47. The minimum absolute atomic E-state index is 0.424. The molecule has 2 aromatic rings. The molecule has 1 aliphatic heterocycles. The van der Waals surface area contributed by atoms with Crippen molar-refractivity contribution in [1.82, 2.24) is 20.4 Å². The van der Waals surface area contributed by atoms with Crippen molar-refractivity contribution in [2.24, 2.45) is 0 Å². The Bertz CT molecular complexity index is 568. The molecule has 2 aromatic heterocycles. The first-order chi connectivity index (χ1) is 9.74. The second-order valence-electron chi connectivity index (χ2n) is 4.97. The van der Waals surface area contributed by atoms with Gasteiger partial charge >= 0.3 is 0 Å². The minimum Gasteiger partial charge on any atom is -0.444 e. The van der Waals surface area contributed by atoms with Gasteiger partial charge in [-0.3, -0.25) is 4.90 Å². The van der Waals surface area contributed by atoms with Crippen molar-refractivity contribution in [3.63, 3.8) is 0 Å². The first kappa shape index (κ1) is 13.8. The lowest BCUT2D eigenvalue weighted by Crippen LogP contribution is -2.43. The van der Waals surface area contributed by atoms with Crippen LogP contribution in [0.5, 0.6) is 0 Å². The van der Waals surface area contributed by atoms with Gasteiger partial charge in [0.2, 0.25) is 5.89 Å². The van der Waals surface area contributed by atoms with E-state index >= 15 is 0 Å². The Hall–Kier alpha value is -1.18. The molecule has 1 N–H and O–H groups in total. The van der Waals surface area contributed by atoms with Crippen LogP contribution in [0.2, 0.25) is 0 Å². The number of halogens is 1. The number of furan rings is 1. The second-order valence-corrected chi connectivity index (χ2v) is 5.75. The van der Waals surface area contributed by atoms with Crippen molar-refractivity contribution in [3.8, 4) is 11.7 Å². The van der Waals surface area contributed by atoms with Crippen molar-refractivity contribution in [2.75, 3.05) is 20.1 Å². The summed E-state index contributed by atoms with van der Waals surface area (Å²) in [5, 5.41) is 11.4. The van der Waals surface area contributed by atoms with E-state index in [0.29, 0.717) is 34.8 Å². The molecule has 1 atom stereocenters. The van der Waals surface area contributed by atoms with Crippen LogP contribution in [0.1, 0.15) is 18.7 Å². The lowest BCUT2D eigenvalue weighted by Gasteiger charge is -2.31. The third-order valence-corrected chi connectivity index (χ3v) is 3.95. The molecule has 3 heterocycles. The fourth-order valence-corrected chi connectivity index (χ4v) is 2.78. The van der Waals surface area contributed by atoms with Crippen LogP contribution in [0.15, 0.2) is 25.6 Å². The topological polar surface area (TPSA) is 67.3 Å². The minimum atomic E-state index is 0.424. The molecule has 0 aliphatic carbocycles. The summed E-state index contributed by atoms with van der Waals surface area (Å²) in [4.78, 5) is 2.33. The van der Waals surface area contributed by atoms with Gasteiger partial charge in [0.15, 0.2) is 10.4 Å². The van der Waals surface area contributed by atoms with Gasteiger partial charge in [0.25, 0.3) is 5.89 Å². The Balaban J connectivity index is 1.65. The maximum absolute atomic E-state index is 5.66. The first-order valence-electron chi connectivity index (χ1n) is 6.72. The molecule has 20 heavy (non-hydrogen) atoms. The molecule has 7 heteroatoms. The van der Waals surface area contributed by atoms with E-state index in [9.17, 15) is 0 Å². The Morgan fingerprint density at radius 2 is 2.30 bits per heavy atom. The highest BCUT2D eigenvalue weighted by atomic mass is 79.9. The highest BCUT2D eigenvalue weighted by Crippen LogP contribution is 2.24. The summed E-state index contributed by atoms with van der Waals surface area (Å²) < 4.78 is 11.7. The first-order valence-corrected chi connectivity index (χ1v) is 7.51. The number of hydrogen-bond donors (Lipinski definition) is 1. The van der Waals surface area contributed by atoms with Gasteiger partial charge in [0.1, 0.15) is 0 Å². The number of piperidine rings is 1. The molecule has 6 nitrogen and oxygen atoms in total. The monoisotopic (exact) mass is 340 g/mol. The summed E-state index contributed by atoms with van der Waals surface area (Å²) in [6.07, 6.45) is 2.42. The van der Waals surface area contributed by atoms with Gasteiger partial charge < -0.3 is 14.2 Å². The molecule has 1 aliphatic rings. The number of rotatable bonds is 4. The van der Waals surface area contributed by atoms with Crippen molar-refractivity contribution in [1.29, 1.82) is 0 Å². The molecule has 0 radical (unpaired) electrons. The van der Waals surface area contributed by atoms with E-state index in [1.807, 2.05) is 7.05 Å². The average molecular weight is 341 g/mol. The van der Waals surface area contributed by atoms with Crippen molar-refractivity contribution < 1.29 is 8.83 Å². The van der Waals surface area contributed by atoms with Gasteiger partial charge in [0, 0.05) is 12.6 Å². The molecule has 0 amide bonds. The zero-order valence-corrected chi connectivity index (χ0v) is 12.9. The van der Waals surface area contributed by atoms with Gasteiger partial charge in [-0.05, 0) is 54.5 Å². The van der Waals surface area contributed by atoms with Gasteiger partial charge in [-0.25, -0.2) is 0 Å². The van der Waals surface area contributed by atoms with Crippen LogP contribution >= 0.6 is 15.9 Å². The average Bonchev–Trinajstić information content (AvgIpc) is 3.08. The molecular formula is C13H17BrN4O2. The predicted molar refractivity (Wildman–Crippen MR) is 77.1 cm³/mol. The smallest absolute Gasteiger partial charge is 0.283 e. The molecule has 1 unspecified atom stereocenters. The summed E-state index contributed by atoms with van der Waals surface area (Å²) in [5.74, 6) is 1.64. The standard InChI is InChI=1S/C13H17BrN4O2/c1-15-9-3-2-6-18(7-9)8-12-16-17-13(20-12)10-4-5-11(14)19-10/h4-5,9,15H,2-3,6-8H2,1H3. The van der Waals surface area contributed by atoms with Gasteiger partial charge in [0.05, 0.1) is 6.54 Å². The van der Waals surface area contributed by atoms with Crippen LogP contribution in [0.3, 0.4) is 0 Å². The number of nitrogens with one attached hydrogen (secondary N) is 1. The van der Waals surface area contributed by atoms with Crippen LogP contribution in [0, 0.1) is 0 Å². The third kappa shape index (κ3) is 3.11. The highest BCUT2D eigenvalue weighted by molar-refractivity contribution is 9.10. The number of likely N-dealkylation sites (tertiary alicyclic amines) is 1. The maximum atomic E-state index is 5.66. The Morgan fingerprint density at radius 1 is 1.40 bits per heavy atom. The van der Waals surface area contributed by atoms with E-state index in [1.54, 1.807) is 12.1 Å². The summed E-state index contributed by atoms with van der Waals surface area (Å²) in [6, 6.07) is 4.16. The molecule has 108 valence electrons. The molecule has 1 fully saturated rings. The maximum Gasteiger partial charge on any atom is 0.283 e. The molecule has 0 spiro atoms. The lowest BCUT2D eigenvalue weighted by molar-refractivity contribution is 0.173. The van der Waals surface area contributed by atoms with Crippen LogP contribution < -0.4 is 5.32 Å². The van der Waals surface area contributed by atoms with Crippen molar-refractivity contribution in [3.05, 3.63) is 22.7 Å². The number of hydrogen-bond acceptors (Lipinski definition) is 6. The SMILES string of the molecule is CNC1CCCN(Cc2nnc(-c3ccc(Br)o3)o2)C1. The van der Waals surface area contributed by atoms with Crippen molar-refractivity contribution in [2.45, 2.75) is 25.4 Å². The second kappa shape index (κ2) is 6.07. The molecule has 0 bridgehead atoms. The largest absolute Gasteiger partial charge is 0.444 e. The highest BCUT2D eigenvalue weighted by Gasteiger charge is 2.21. The quantitative estimate of drug-likeness (QED) is 0.920. The molecule has 3 rings (SSSR count). The molecule has 1 saturated heterocycles. The predicted octanol–water partition coefficient (Wildman–Crippen LogP) is 2.28. The van der Waals surface area contributed by atoms with Crippen LogP contribution in [-0.4, -0.2) is 41.3 Å². The number of likely N-dealkylation sites (N-methyl/N-ethyl adjacent to an activating group) is 1.